The highest BCUT2D eigenvalue weighted by atomic mass is 15.0. The largest absolute Gasteiger partial charge is 0.346 e. The second-order valence-corrected chi connectivity index (χ2v) is 6.40. The number of fused-ring (bicyclic) bond motifs is 1. The molecule has 0 radical (unpaired) electrons. The fraction of sp³-hybridized carbons (Fsp3) is 0.143. The standard InChI is InChI=1S/C21H17N3/c1-3-14(17-5-2-8-22-12-17)9-16(4-1)20-11-21(24-13-23-20)18-7-6-15-10-19(15)18/h1-5,7-13,15,20H,6H2,(H,23,24)/t15-,20?/m1/s1. The molecule has 3 aliphatic rings. The van der Waals surface area contributed by atoms with E-state index in [4.69, 9.17) is 0 Å². The van der Waals surface area contributed by atoms with Gasteiger partial charge in [-0.2, -0.15) is 0 Å². The van der Waals surface area contributed by atoms with E-state index in [0.29, 0.717) is 5.92 Å². The van der Waals surface area contributed by atoms with Crippen LogP contribution in [0.25, 0.3) is 11.1 Å². The van der Waals surface area contributed by atoms with E-state index in [1.54, 1.807) is 6.20 Å². The third kappa shape index (κ3) is 2.29. The van der Waals surface area contributed by atoms with E-state index < -0.39 is 0 Å². The molecule has 0 bridgehead atoms. The minimum Gasteiger partial charge on any atom is -0.346 e. The maximum Gasteiger partial charge on any atom is 0.0971 e. The maximum atomic E-state index is 4.62. The first-order chi connectivity index (χ1) is 11.9. The molecular formula is C21H17N3. The van der Waals surface area contributed by atoms with Crippen molar-refractivity contribution in [2.45, 2.75) is 12.5 Å². The molecule has 1 aliphatic heterocycles. The van der Waals surface area contributed by atoms with Crippen LogP contribution in [0.5, 0.6) is 0 Å². The molecule has 116 valence electrons. The highest BCUT2D eigenvalue weighted by Crippen LogP contribution is 2.47. The molecule has 1 N–H and O–H groups in total. The number of rotatable bonds is 3. The highest BCUT2D eigenvalue weighted by Gasteiger charge is 2.34. The Morgan fingerprint density at radius 2 is 2.00 bits per heavy atom. The van der Waals surface area contributed by atoms with Crippen LogP contribution in [-0.4, -0.2) is 11.3 Å². The Kier molecular flexibility index (Phi) is 2.98. The fourth-order valence-electron chi connectivity index (χ4n) is 3.50. The zero-order chi connectivity index (χ0) is 15.9. The third-order valence-electron chi connectivity index (χ3n) is 4.85. The number of hydrogen-bond donors (Lipinski definition) is 1. The molecule has 2 atom stereocenters. The minimum absolute atomic E-state index is 0.0529. The Morgan fingerprint density at radius 1 is 1.04 bits per heavy atom. The summed E-state index contributed by atoms with van der Waals surface area (Å²) in [4.78, 5) is 8.84. The molecule has 2 heterocycles. The Morgan fingerprint density at radius 3 is 2.79 bits per heavy atom. The van der Waals surface area contributed by atoms with Crippen LogP contribution in [0.1, 0.15) is 18.0 Å². The van der Waals surface area contributed by atoms with Crippen LogP contribution in [0.15, 0.2) is 88.9 Å². The number of benzene rings is 1. The van der Waals surface area contributed by atoms with E-state index in [1.807, 2.05) is 18.6 Å². The predicted molar refractivity (Wildman–Crippen MR) is 96.4 cm³/mol. The minimum atomic E-state index is 0.0529. The molecule has 0 fully saturated rings. The number of aromatic nitrogens is 1. The molecule has 5 rings (SSSR count). The summed E-state index contributed by atoms with van der Waals surface area (Å²) < 4.78 is 0. The number of nitrogens with one attached hydrogen (secondary N) is 1. The van der Waals surface area contributed by atoms with Gasteiger partial charge in [-0.05, 0) is 52.5 Å². The van der Waals surface area contributed by atoms with Crippen LogP contribution >= 0.6 is 0 Å². The van der Waals surface area contributed by atoms with Gasteiger partial charge in [0.05, 0.1) is 12.4 Å². The second kappa shape index (κ2) is 5.31. The van der Waals surface area contributed by atoms with Crippen molar-refractivity contribution in [2.75, 3.05) is 0 Å². The molecule has 1 aromatic heterocycles. The van der Waals surface area contributed by atoms with Gasteiger partial charge in [0, 0.05) is 24.0 Å². The highest BCUT2D eigenvalue weighted by molar-refractivity contribution is 5.70. The van der Waals surface area contributed by atoms with E-state index in [0.717, 1.165) is 12.0 Å². The lowest BCUT2D eigenvalue weighted by Crippen LogP contribution is -2.18. The number of pyridine rings is 1. The first-order valence-electron chi connectivity index (χ1n) is 8.31. The van der Waals surface area contributed by atoms with E-state index >= 15 is 0 Å². The molecule has 0 amide bonds. The van der Waals surface area contributed by atoms with Crippen molar-refractivity contribution >= 4 is 6.34 Å². The molecule has 3 heteroatoms. The molecule has 24 heavy (non-hydrogen) atoms. The summed E-state index contributed by atoms with van der Waals surface area (Å²) in [5, 5.41) is 3.31. The summed E-state index contributed by atoms with van der Waals surface area (Å²) in [7, 11) is 0. The molecule has 1 unspecified atom stereocenters. The van der Waals surface area contributed by atoms with Crippen LogP contribution < -0.4 is 5.32 Å². The van der Waals surface area contributed by atoms with E-state index in [-0.39, 0.29) is 6.04 Å². The van der Waals surface area contributed by atoms with E-state index in [9.17, 15) is 0 Å². The first-order valence-corrected chi connectivity index (χ1v) is 8.31. The summed E-state index contributed by atoms with van der Waals surface area (Å²) in [6.45, 7) is 0. The second-order valence-electron chi connectivity index (χ2n) is 6.40. The zero-order valence-corrected chi connectivity index (χ0v) is 13.2. The summed E-state index contributed by atoms with van der Waals surface area (Å²) in [6.07, 6.45) is 13.6. The van der Waals surface area contributed by atoms with Crippen molar-refractivity contribution in [1.29, 1.82) is 0 Å². The topological polar surface area (TPSA) is 37.3 Å². The summed E-state index contributed by atoms with van der Waals surface area (Å²) in [6, 6.07) is 12.7. The van der Waals surface area contributed by atoms with E-state index in [2.05, 4.69) is 63.9 Å². The third-order valence-corrected chi connectivity index (χ3v) is 4.85. The quantitative estimate of drug-likeness (QED) is 0.923. The van der Waals surface area contributed by atoms with Crippen LogP contribution in [0.3, 0.4) is 0 Å². The van der Waals surface area contributed by atoms with Gasteiger partial charge in [-0.25, -0.2) is 0 Å². The van der Waals surface area contributed by atoms with E-state index in [1.165, 1.54) is 28.0 Å². The van der Waals surface area contributed by atoms with Gasteiger partial charge in [0.25, 0.3) is 0 Å². The normalized spacial score (nSPS) is 23.8. The van der Waals surface area contributed by atoms with Crippen molar-refractivity contribution in [1.82, 2.24) is 10.3 Å². The maximum absolute atomic E-state index is 4.62. The number of nitrogens with zero attached hydrogens (tertiary/aromatic N) is 2. The smallest absolute Gasteiger partial charge is 0.0971 e. The van der Waals surface area contributed by atoms with Crippen molar-refractivity contribution in [3.8, 4) is 11.1 Å². The molecule has 0 saturated carbocycles. The summed E-state index contributed by atoms with van der Waals surface area (Å²) in [5.74, 6) is 0.703. The average Bonchev–Trinajstić information content (AvgIpc) is 3.32. The summed E-state index contributed by atoms with van der Waals surface area (Å²) in [5.41, 5.74) is 7.55. The van der Waals surface area contributed by atoms with Gasteiger partial charge >= 0.3 is 0 Å². The predicted octanol–water partition coefficient (Wildman–Crippen LogP) is 4.19. The monoisotopic (exact) mass is 311 g/mol. The van der Waals surface area contributed by atoms with Gasteiger partial charge in [0.2, 0.25) is 0 Å². The van der Waals surface area contributed by atoms with Crippen molar-refractivity contribution < 1.29 is 0 Å². The molecule has 2 aromatic rings. The Labute approximate surface area is 141 Å². The lowest BCUT2D eigenvalue weighted by Gasteiger charge is -2.18. The average molecular weight is 311 g/mol. The van der Waals surface area contributed by atoms with Crippen LogP contribution in [-0.2, 0) is 0 Å². The van der Waals surface area contributed by atoms with Crippen LogP contribution in [0, 0.1) is 5.92 Å². The van der Waals surface area contributed by atoms with Crippen LogP contribution in [0.4, 0.5) is 0 Å². The number of allylic oxidation sites excluding steroid dienone is 3. The molecule has 0 saturated heterocycles. The van der Waals surface area contributed by atoms with Gasteiger partial charge < -0.3 is 5.32 Å². The van der Waals surface area contributed by atoms with Gasteiger partial charge in [-0.1, -0.05) is 36.4 Å². The SMILES string of the molecule is C1=NC(c2cccc(-c3cccnc3)c2)C=C(C2=CC[C@@H]3C=C23)N1. The lowest BCUT2D eigenvalue weighted by molar-refractivity contribution is 0.863. The molecular weight excluding hydrogens is 294 g/mol. The van der Waals surface area contributed by atoms with Crippen molar-refractivity contribution in [2.24, 2.45) is 10.9 Å². The van der Waals surface area contributed by atoms with Gasteiger partial charge in [-0.3, -0.25) is 9.98 Å². The Hall–Kier alpha value is -2.94. The van der Waals surface area contributed by atoms with Crippen molar-refractivity contribution in [3.63, 3.8) is 0 Å². The Balaban J connectivity index is 1.48. The molecule has 2 aliphatic carbocycles. The lowest BCUT2D eigenvalue weighted by atomic mass is 9.98. The molecule has 3 nitrogen and oxygen atoms in total. The van der Waals surface area contributed by atoms with Gasteiger partial charge in [0.1, 0.15) is 0 Å². The number of hydrogen-bond acceptors (Lipinski definition) is 3. The van der Waals surface area contributed by atoms with Gasteiger partial charge in [0.15, 0.2) is 0 Å². The zero-order valence-electron chi connectivity index (χ0n) is 13.2. The number of aliphatic imine (C=N–C) groups is 1. The summed E-state index contributed by atoms with van der Waals surface area (Å²) >= 11 is 0. The van der Waals surface area contributed by atoms with Crippen LogP contribution in [0.2, 0.25) is 0 Å². The molecule has 0 spiro atoms. The van der Waals surface area contributed by atoms with Gasteiger partial charge in [-0.15, -0.1) is 0 Å². The van der Waals surface area contributed by atoms with Crippen molar-refractivity contribution in [3.05, 3.63) is 89.4 Å². The Bertz CT molecular complexity index is 919. The molecule has 1 aromatic carbocycles. The fourth-order valence-corrected chi connectivity index (χ4v) is 3.50. The first kappa shape index (κ1) is 13.5.